The first-order valence-electron chi connectivity index (χ1n) is 5.34. The molecule has 0 aromatic carbocycles. The summed E-state index contributed by atoms with van der Waals surface area (Å²) in [7, 11) is -3.32. The zero-order valence-corrected chi connectivity index (χ0v) is 13.9. The molecular weight excluding hydrogens is 325 g/mol. The summed E-state index contributed by atoms with van der Waals surface area (Å²) in [4.78, 5) is 15.6. The molecule has 0 aliphatic carbocycles. The fraction of sp³-hybridized carbons (Fsp3) is 0.455. The number of carbonyl (C=O) groups is 1. The molecule has 1 aromatic rings. The quantitative estimate of drug-likeness (QED) is 0.856. The summed E-state index contributed by atoms with van der Waals surface area (Å²) in [5, 5.41) is 2.61. The molecule has 3 N–H and O–H groups in total. The molecule has 1 aromatic heterocycles. The van der Waals surface area contributed by atoms with Crippen molar-refractivity contribution in [1.29, 1.82) is 0 Å². The minimum Gasteiger partial charge on any atom is -0.329 e. The molecule has 1 amide bonds. The van der Waals surface area contributed by atoms with Gasteiger partial charge in [-0.25, -0.2) is 13.4 Å². The number of nitrogens with two attached hydrogens (primary N) is 1. The van der Waals surface area contributed by atoms with Crippen molar-refractivity contribution in [1.82, 2.24) is 4.98 Å². The van der Waals surface area contributed by atoms with Crippen molar-refractivity contribution in [2.24, 2.45) is 11.1 Å². The Hall–Kier alpha value is -0.890. The number of aromatic nitrogens is 1. The van der Waals surface area contributed by atoms with E-state index in [1.54, 1.807) is 13.8 Å². The van der Waals surface area contributed by atoms with Gasteiger partial charge >= 0.3 is 0 Å². The van der Waals surface area contributed by atoms with E-state index in [0.717, 1.165) is 6.26 Å². The molecule has 9 heteroatoms. The van der Waals surface area contributed by atoms with Gasteiger partial charge in [-0.15, -0.1) is 24.8 Å². The molecule has 0 unspecified atom stereocenters. The van der Waals surface area contributed by atoms with E-state index in [4.69, 9.17) is 5.73 Å². The van der Waals surface area contributed by atoms with Crippen LogP contribution in [0, 0.1) is 5.41 Å². The standard InChI is InChI=1S/C11H17N3O3S.2ClH/c1-11(2,7-12)10(15)14-8-4-5-9(13-6-8)18(3,16)17;;/h4-6H,7,12H2,1-3H3,(H,14,15);2*1H. The number of pyridine rings is 1. The minimum absolute atomic E-state index is 0. The second-order valence-electron chi connectivity index (χ2n) is 4.70. The van der Waals surface area contributed by atoms with Crippen LogP contribution in [0.5, 0.6) is 0 Å². The summed E-state index contributed by atoms with van der Waals surface area (Å²) in [6, 6.07) is 2.84. The van der Waals surface area contributed by atoms with Gasteiger partial charge in [0.1, 0.15) is 0 Å². The monoisotopic (exact) mass is 343 g/mol. The molecule has 6 nitrogen and oxygen atoms in total. The van der Waals surface area contributed by atoms with E-state index in [2.05, 4.69) is 10.3 Å². The van der Waals surface area contributed by atoms with Gasteiger partial charge in [0.15, 0.2) is 14.9 Å². The third kappa shape index (κ3) is 5.62. The summed E-state index contributed by atoms with van der Waals surface area (Å²) < 4.78 is 22.4. The maximum absolute atomic E-state index is 11.8. The van der Waals surface area contributed by atoms with E-state index in [1.807, 2.05) is 0 Å². The Balaban J connectivity index is 0. The number of nitrogens with one attached hydrogen (secondary N) is 1. The van der Waals surface area contributed by atoms with Crippen molar-refractivity contribution in [2.45, 2.75) is 18.9 Å². The number of halogens is 2. The molecule has 0 spiro atoms. The Morgan fingerprint density at radius 3 is 2.25 bits per heavy atom. The molecule has 0 saturated carbocycles. The largest absolute Gasteiger partial charge is 0.329 e. The van der Waals surface area contributed by atoms with Crippen molar-refractivity contribution in [3.63, 3.8) is 0 Å². The van der Waals surface area contributed by atoms with Crippen LogP contribution >= 0.6 is 24.8 Å². The fourth-order valence-corrected chi connectivity index (χ4v) is 1.63. The number of sulfone groups is 1. The average molecular weight is 344 g/mol. The number of amides is 1. The highest BCUT2D eigenvalue weighted by Crippen LogP contribution is 2.17. The Bertz CT molecular complexity index is 545. The predicted octanol–water partition coefficient (Wildman–Crippen LogP) is 1.25. The molecule has 0 atom stereocenters. The van der Waals surface area contributed by atoms with Crippen LogP contribution < -0.4 is 11.1 Å². The maximum Gasteiger partial charge on any atom is 0.231 e. The first-order chi connectivity index (χ1) is 8.16. The van der Waals surface area contributed by atoms with E-state index in [-0.39, 0.29) is 42.3 Å². The maximum atomic E-state index is 11.8. The van der Waals surface area contributed by atoms with Gasteiger partial charge in [0.25, 0.3) is 0 Å². The zero-order chi connectivity index (χ0) is 14.0. The Morgan fingerprint density at radius 2 is 1.90 bits per heavy atom. The second-order valence-corrected chi connectivity index (χ2v) is 6.66. The molecule has 0 radical (unpaired) electrons. The second kappa shape index (κ2) is 7.78. The number of rotatable bonds is 4. The van der Waals surface area contributed by atoms with Crippen LogP contribution in [-0.2, 0) is 14.6 Å². The van der Waals surface area contributed by atoms with Crippen LogP contribution in [-0.4, -0.2) is 32.1 Å². The van der Waals surface area contributed by atoms with Gasteiger partial charge in [-0.3, -0.25) is 4.79 Å². The molecule has 0 aliphatic heterocycles. The molecular formula is C11H19Cl2N3O3S. The lowest BCUT2D eigenvalue weighted by atomic mass is 9.93. The van der Waals surface area contributed by atoms with Crippen LogP contribution in [0.15, 0.2) is 23.4 Å². The molecule has 1 heterocycles. The van der Waals surface area contributed by atoms with Crippen molar-refractivity contribution in [3.8, 4) is 0 Å². The summed E-state index contributed by atoms with van der Waals surface area (Å²) in [5.74, 6) is -0.237. The highest BCUT2D eigenvalue weighted by Gasteiger charge is 2.25. The molecule has 1 rings (SSSR count). The van der Waals surface area contributed by atoms with Gasteiger partial charge < -0.3 is 11.1 Å². The predicted molar refractivity (Wildman–Crippen MR) is 83.3 cm³/mol. The van der Waals surface area contributed by atoms with E-state index in [0.29, 0.717) is 5.69 Å². The van der Waals surface area contributed by atoms with Gasteiger partial charge in [-0.1, -0.05) is 0 Å². The lowest BCUT2D eigenvalue weighted by Crippen LogP contribution is -2.37. The Kier molecular flexibility index (Phi) is 8.32. The highest BCUT2D eigenvalue weighted by molar-refractivity contribution is 7.90. The summed E-state index contributed by atoms with van der Waals surface area (Å²) in [6.45, 7) is 3.66. The number of carbonyl (C=O) groups excluding carboxylic acids is 1. The number of hydrogen-bond acceptors (Lipinski definition) is 5. The van der Waals surface area contributed by atoms with E-state index < -0.39 is 15.3 Å². The average Bonchev–Trinajstić information content (AvgIpc) is 2.28. The molecule has 20 heavy (non-hydrogen) atoms. The summed E-state index contributed by atoms with van der Waals surface area (Å²) in [6.07, 6.45) is 2.38. The van der Waals surface area contributed by atoms with E-state index >= 15 is 0 Å². The normalized spacial score (nSPS) is 11.0. The van der Waals surface area contributed by atoms with Crippen LogP contribution in [0.25, 0.3) is 0 Å². The van der Waals surface area contributed by atoms with Crippen LogP contribution in [0.4, 0.5) is 5.69 Å². The van der Waals surface area contributed by atoms with E-state index in [9.17, 15) is 13.2 Å². The van der Waals surface area contributed by atoms with Gasteiger partial charge in [0, 0.05) is 12.8 Å². The van der Waals surface area contributed by atoms with Crippen molar-refractivity contribution < 1.29 is 13.2 Å². The first kappa shape index (κ1) is 21.4. The molecule has 116 valence electrons. The lowest BCUT2D eigenvalue weighted by molar-refractivity contribution is -0.123. The minimum atomic E-state index is -3.32. The SMILES string of the molecule is CC(C)(CN)C(=O)Nc1ccc(S(C)(=O)=O)nc1.Cl.Cl. The number of hydrogen-bond donors (Lipinski definition) is 2. The molecule has 0 fully saturated rings. The Labute approximate surface area is 131 Å². The zero-order valence-electron chi connectivity index (χ0n) is 11.4. The molecule has 0 aliphatic rings. The third-order valence-corrected chi connectivity index (χ3v) is 3.50. The lowest BCUT2D eigenvalue weighted by Gasteiger charge is -2.21. The van der Waals surface area contributed by atoms with Gasteiger partial charge in [0.05, 0.1) is 17.3 Å². The number of nitrogens with zero attached hydrogens (tertiary/aromatic N) is 1. The summed E-state index contributed by atoms with van der Waals surface area (Å²) >= 11 is 0. The van der Waals surface area contributed by atoms with Gasteiger partial charge in [-0.05, 0) is 26.0 Å². The highest BCUT2D eigenvalue weighted by atomic mass is 35.5. The fourth-order valence-electron chi connectivity index (χ4n) is 1.07. The molecule has 0 bridgehead atoms. The molecule has 0 saturated heterocycles. The van der Waals surface area contributed by atoms with E-state index in [1.165, 1.54) is 18.3 Å². The summed E-state index contributed by atoms with van der Waals surface area (Å²) in [5.41, 5.74) is 5.24. The van der Waals surface area contributed by atoms with Crippen molar-refractivity contribution >= 4 is 46.2 Å². The van der Waals surface area contributed by atoms with Crippen molar-refractivity contribution in [2.75, 3.05) is 18.1 Å². The Morgan fingerprint density at radius 1 is 1.35 bits per heavy atom. The van der Waals surface area contributed by atoms with Crippen molar-refractivity contribution in [3.05, 3.63) is 18.3 Å². The first-order valence-corrected chi connectivity index (χ1v) is 7.23. The van der Waals surface area contributed by atoms with Gasteiger partial charge in [-0.2, -0.15) is 0 Å². The number of anilines is 1. The van der Waals surface area contributed by atoms with Gasteiger partial charge in [0.2, 0.25) is 5.91 Å². The third-order valence-electron chi connectivity index (χ3n) is 2.50. The van der Waals surface area contributed by atoms with Crippen LogP contribution in [0.2, 0.25) is 0 Å². The smallest absolute Gasteiger partial charge is 0.231 e. The van der Waals surface area contributed by atoms with Crippen LogP contribution in [0.3, 0.4) is 0 Å². The topological polar surface area (TPSA) is 102 Å². The van der Waals surface area contributed by atoms with Crippen LogP contribution in [0.1, 0.15) is 13.8 Å².